The summed E-state index contributed by atoms with van der Waals surface area (Å²) in [5.74, 6) is 0.721. The fourth-order valence-electron chi connectivity index (χ4n) is 12.2. The van der Waals surface area contributed by atoms with Gasteiger partial charge in [-0.1, -0.05) is 0 Å². The van der Waals surface area contributed by atoms with Crippen LogP contribution in [0.15, 0.2) is 193 Å². The molecule has 2 heteroatoms. The van der Waals surface area contributed by atoms with E-state index in [4.69, 9.17) is 0 Å². The molecule has 8 aromatic carbocycles. The van der Waals surface area contributed by atoms with Gasteiger partial charge in [-0.05, 0) is 0 Å². The van der Waals surface area contributed by atoms with Gasteiger partial charge < -0.3 is 0 Å². The van der Waals surface area contributed by atoms with Gasteiger partial charge in [-0.25, -0.2) is 0 Å². The Morgan fingerprint density at radius 3 is 0.971 bits per heavy atom. The van der Waals surface area contributed by atoms with E-state index in [1.165, 1.54) is 89.0 Å². The van der Waals surface area contributed by atoms with E-state index in [1.807, 2.05) is 0 Å². The van der Waals surface area contributed by atoms with Crippen molar-refractivity contribution < 1.29 is 17.4 Å². The minimum atomic E-state index is -4.44. The quantitative estimate of drug-likeness (QED) is 0.107. The average molecular weight is 979 g/mol. The molecule has 8 aromatic rings. The van der Waals surface area contributed by atoms with E-state index in [0.717, 1.165) is 12.8 Å². The fourth-order valence-corrected chi connectivity index (χ4v) is 31.7. The van der Waals surface area contributed by atoms with Crippen molar-refractivity contribution in [2.24, 2.45) is 0 Å². The monoisotopic (exact) mass is 976 g/mol. The molecule has 0 spiro atoms. The van der Waals surface area contributed by atoms with Gasteiger partial charge in [0, 0.05) is 0 Å². The number of hydrogen-bond acceptors (Lipinski definition) is 0. The van der Waals surface area contributed by atoms with Crippen LogP contribution in [0, 0.1) is 27.7 Å². The van der Waals surface area contributed by atoms with Gasteiger partial charge in [0.1, 0.15) is 0 Å². The van der Waals surface area contributed by atoms with Crippen molar-refractivity contribution in [2.45, 2.75) is 82.7 Å². The van der Waals surface area contributed by atoms with E-state index in [0.29, 0.717) is 11.8 Å². The molecule has 0 saturated heterocycles. The molecule has 2 aliphatic rings. The maximum atomic E-state index is 2.87. The molecule has 0 heterocycles. The molecule has 0 radical (unpaired) electrons. The van der Waals surface area contributed by atoms with E-state index < -0.39 is 17.4 Å². The summed E-state index contributed by atoms with van der Waals surface area (Å²) in [6.07, 6.45) is 7.44. The Hall–Kier alpha value is -5.66. The van der Waals surface area contributed by atoms with Crippen LogP contribution in [0.2, 0.25) is 9.26 Å². The van der Waals surface area contributed by atoms with Crippen LogP contribution in [0.5, 0.6) is 0 Å². The third kappa shape index (κ3) is 8.69. The van der Waals surface area contributed by atoms with Gasteiger partial charge in [0.2, 0.25) is 0 Å². The van der Waals surface area contributed by atoms with Crippen molar-refractivity contribution in [3.8, 4) is 44.5 Å². The van der Waals surface area contributed by atoms with Crippen LogP contribution in [0.4, 0.5) is 0 Å². The van der Waals surface area contributed by atoms with Crippen LogP contribution in [0.3, 0.4) is 0 Å². The summed E-state index contributed by atoms with van der Waals surface area (Å²) in [7, 11) is 0. The van der Waals surface area contributed by atoms with Crippen LogP contribution in [-0.4, -0.2) is 6.88 Å². The molecule has 338 valence electrons. The Morgan fingerprint density at radius 1 is 0.382 bits per heavy atom. The number of benzene rings is 8. The van der Waals surface area contributed by atoms with Crippen LogP contribution in [0.25, 0.3) is 56.7 Å². The molecule has 0 nitrogen and oxygen atoms in total. The van der Waals surface area contributed by atoms with E-state index in [2.05, 4.69) is 252 Å². The second-order valence-electron chi connectivity index (χ2n) is 21.7. The molecule has 0 bridgehead atoms. The molecule has 4 atom stereocenters. The Balaban J connectivity index is 1.27. The van der Waals surface area contributed by atoms with E-state index >= 15 is 0 Å². The number of aryl methyl sites for hydroxylation is 4. The first kappa shape index (κ1) is 46.1. The van der Waals surface area contributed by atoms with Gasteiger partial charge in [0.25, 0.3) is 0 Å². The molecular formula is C66H66SiZr. The van der Waals surface area contributed by atoms with Crippen molar-refractivity contribution in [1.82, 2.24) is 0 Å². The fraction of sp³-hybridized carbons (Fsp3) is 0.212. The third-order valence-electron chi connectivity index (χ3n) is 15.7. The summed E-state index contributed by atoms with van der Waals surface area (Å²) in [5.41, 5.74) is 27.9. The van der Waals surface area contributed by atoms with Crippen molar-refractivity contribution in [3.63, 3.8) is 0 Å². The standard InChI is InChI=1S/2C32H29.2CH3.H2Si.Zr/c2*1-22-9-13-27(14-10-22)29-17-18-30(28-15-11-23(2)12-16-28)32-21-25(20-31(29)32)19-24(3)26-7-5-4-6-8-26;;;;/h2*4-18,20-21,24H,19H2,1-3H3;2*1H3;1H2;. The molecule has 0 aromatic heterocycles. The molecule has 0 fully saturated rings. The molecule has 0 N–H and O–H groups in total. The van der Waals surface area contributed by atoms with Crippen molar-refractivity contribution in [3.05, 3.63) is 249 Å². The summed E-state index contributed by atoms with van der Waals surface area (Å²) in [4.78, 5) is 0. The summed E-state index contributed by atoms with van der Waals surface area (Å²) in [5, 5.41) is 0. The Bertz CT molecular complexity index is 3060. The van der Waals surface area contributed by atoms with Crippen molar-refractivity contribution in [1.29, 1.82) is 0 Å². The first-order valence-electron chi connectivity index (χ1n) is 24.9. The van der Waals surface area contributed by atoms with E-state index in [9.17, 15) is 0 Å². The Labute approximate surface area is 409 Å². The number of hydrogen-bond donors (Lipinski definition) is 0. The Kier molecular flexibility index (Phi) is 12.4. The summed E-state index contributed by atoms with van der Waals surface area (Å²) >= 11 is -4.44. The Morgan fingerprint density at radius 2 is 0.662 bits per heavy atom. The molecule has 4 unspecified atom stereocenters. The van der Waals surface area contributed by atoms with Crippen molar-refractivity contribution >= 4 is 19.0 Å². The molecule has 10 rings (SSSR count). The second-order valence-corrected chi connectivity index (χ2v) is 52.2. The molecule has 0 aliphatic heterocycles. The normalized spacial score (nSPS) is 16.4. The summed E-state index contributed by atoms with van der Waals surface area (Å²) < 4.78 is 6.32. The predicted molar refractivity (Wildman–Crippen MR) is 294 cm³/mol. The molecule has 68 heavy (non-hydrogen) atoms. The second kappa shape index (κ2) is 18.3. The van der Waals surface area contributed by atoms with E-state index in [1.54, 1.807) is 22.3 Å². The van der Waals surface area contributed by atoms with Gasteiger partial charge in [-0.3, -0.25) is 0 Å². The average Bonchev–Trinajstić information content (AvgIpc) is 3.93. The predicted octanol–water partition coefficient (Wildman–Crippen LogP) is 17.9. The van der Waals surface area contributed by atoms with Gasteiger partial charge in [0.05, 0.1) is 0 Å². The van der Waals surface area contributed by atoms with Crippen LogP contribution in [-0.2, 0) is 17.4 Å². The summed E-state index contributed by atoms with van der Waals surface area (Å²) in [6.45, 7) is 16.3. The number of fused-ring (bicyclic) bond motifs is 2. The van der Waals surface area contributed by atoms with Crippen LogP contribution >= 0.6 is 0 Å². The van der Waals surface area contributed by atoms with Crippen LogP contribution in [0.1, 0.15) is 101 Å². The molecule has 2 aliphatic carbocycles. The van der Waals surface area contributed by atoms with Gasteiger partial charge in [-0.15, -0.1) is 0 Å². The van der Waals surface area contributed by atoms with Gasteiger partial charge >= 0.3 is 412 Å². The zero-order valence-electron chi connectivity index (χ0n) is 41.4. The SMILES string of the molecule is Cc1ccc(-c2ccc(-c3ccc(C)cc3)c3c2C=C(CC(C)c2ccccc2)[CH]3[Zr]([CH3])([CH3])(=[SiH2])[CH]2C(CC(C)c3ccccc3)=Cc3c(-c4ccc(C)cc4)ccc(-c4ccc(C)cc4)c32)cc1. The van der Waals surface area contributed by atoms with Crippen molar-refractivity contribution in [2.75, 3.05) is 0 Å². The molecular weight excluding hydrogens is 912 g/mol. The van der Waals surface area contributed by atoms with Gasteiger partial charge in [0.15, 0.2) is 0 Å². The first-order chi connectivity index (χ1) is 32.7. The summed E-state index contributed by atoms with van der Waals surface area (Å²) in [6, 6.07) is 69.7. The molecule has 0 saturated carbocycles. The minimum absolute atomic E-state index is 0.290. The first-order valence-corrected chi connectivity index (χ1v) is 38.6. The van der Waals surface area contributed by atoms with E-state index in [-0.39, 0.29) is 7.25 Å². The topological polar surface area (TPSA) is 0 Å². The zero-order chi connectivity index (χ0) is 47.3. The maximum absolute atomic E-state index is 4.44. The molecule has 0 amide bonds. The third-order valence-corrected chi connectivity index (χ3v) is 33.1. The zero-order valence-corrected chi connectivity index (χ0v) is 45.3. The van der Waals surface area contributed by atoms with Crippen LogP contribution < -0.4 is 0 Å². The number of rotatable bonds is 12. The van der Waals surface area contributed by atoms with Gasteiger partial charge in [-0.2, -0.15) is 0 Å². The number of allylic oxidation sites excluding steroid dienone is 2.